The number of fused-ring (bicyclic) bond motifs is 3. The molecule has 2 saturated carbocycles. The Kier molecular flexibility index (Phi) is 35.7. The molecule has 2 aliphatic rings. The molecule has 0 amide bonds. The van der Waals surface area contributed by atoms with Crippen LogP contribution in [0.25, 0.3) is 32.7 Å². The third-order valence-electron chi connectivity index (χ3n) is 16.6. The summed E-state index contributed by atoms with van der Waals surface area (Å²) >= 11 is 26.2. The molecule has 0 bridgehead atoms. The zero-order valence-corrected chi connectivity index (χ0v) is 72.2. The molecule has 10 N–H and O–H groups in total. The number of halogens is 8. The van der Waals surface area contributed by atoms with Gasteiger partial charge in [-0.1, -0.05) is 45.6 Å². The van der Waals surface area contributed by atoms with Crippen molar-refractivity contribution in [3.05, 3.63) is 223 Å². The van der Waals surface area contributed by atoms with Crippen LogP contribution < -0.4 is 75.8 Å². The number of hydrogen-bond acceptors (Lipinski definition) is 30. The summed E-state index contributed by atoms with van der Waals surface area (Å²) in [6.07, 6.45) is 18.2. The number of nitrogens with one attached hydrogen (secondary N) is 3. The molecule has 0 radical (unpaired) electrons. The predicted molar refractivity (Wildman–Crippen MR) is 473 cm³/mol. The van der Waals surface area contributed by atoms with Gasteiger partial charge >= 0.3 is 0 Å². The molecule has 7 aromatic heterocycles. The largest absolute Gasteiger partial charge is 0.508 e. The Hall–Kier alpha value is -12.1. The van der Waals surface area contributed by atoms with E-state index in [2.05, 4.69) is 78.9 Å². The number of nitriles is 3. The van der Waals surface area contributed by atoms with E-state index in [1.165, 1.54) is 128 Å². The van der Waals surface area contributed by atoms with Crippen LogP contribution in [0, 0.1) is 57.3 Å². The molecule has 7 heterocycles. The maximum absolute atomic E-state index is 15.0. The molecule has 0 aliphatic heterocycles. The SMILES string of the molecule is Brc1nccs1.COc1cc2c(Cl)c(C#N)cnc2cc1OCCCCl.COc1cc2c(Nc3ccc(Oc4nccs4)cc3F)c(C#N)cnc2cc1OCCCCl.COc1cc2c(Nc3ccc(Oc4nccs4)cc3F)c(C#N)cnc2cc1OCCCNC1CC1.NC1CC1.Nc1ccc(O)cc1F.Nc1ccc(Oc2nccs2)cc1F. The molecular weight excluding hydrogens is 1780 g/mol. The molecular formula is C84H76BrCl3F4N16O10S4. The van der Waals surface area contributed by atoms with Crippen LogP contribution in [0.1, 0.15) is 61.6 Å². The number of methoxy groups -OCH3 is 3. The Labute approximate surface area is 737 Å². The number of nitrogens with zero attached hydrogens (tertiary/aromatic N) is 10. The van der Waals surface area contributed by atoms with Crippen LogP contribution in [0.2, 0.25) is 5.02 Å². The predicted octanol–water partition coefficient (Wildman–Crippen LogP) is 21.6. The number of phenols is 1. The third kappa shape index (κ3) is 27.7. The number of pyridine rings is 3. The topological polar surface area (TPSA) is 379 Å². The van der Waals surface area contributed by atoms with Gasteiger partial charge in [-0.05, 0) is 134 Å². The minimum absolute atomic E-state index is 0.0489. The minimum Gasteiger partial charge on any atom is -0.508 e. The Morgan fingerprint density at radius 1 is 0.484 bits per heavy atom. The standard InChI is InChI=1S/C26H24FN5O3S.C23H18ClFN4O3S.C14H12Cl2N2O2.C9H7FN2OS.C6H6FNO.C3H2BrNS.C3H7N/c1-33-23-12-19-22(13-24(23)34-9-2-7-29-17-3-4-17)31-15-16(14-28)25(19)32-21-6-5-18(11-20(21)27)35-26-30-8-10-36-26;1-30-20-10-16-19(11-21(20)31-7-2-5-24)28-13-14(12-26)22(16)29-18-4-3-15(9-17(18)25)32-23-27-6-8-33-23;1-19-12-5-10-11(6-13(12)20-4-2-3-15)18-8-9(7-17)14(10)16;10-7-5-6(1-2-8(7)11)13-9-12-3-4-14-9;7-5-3-4(9)1-2-6(5)8;4-3-5-1-2-6-3;4-3-1-2-3/h5-6,8,10-13,15,17,29H,2-4,7,9H2,1H3,(H,31,32);3-4,6,8-11,13H,2,5,7H2,1H3,(H,28,29);5-6,8H,2-4H2,1H3;1-5H,11H2;1-3,9H,8H2;1-2H;3H,1-2,4H2. The molecule has 0 atom stereocenters. The monoisotopic (exact) mass is 1860 g/mol. The molecule has 7 aromatic carbocycles. The van der Waals surface area contributed by atoms with E-state index in [0.29, 0.717) is 172 Å². The van der Waals surface area contributed by atoms with Crippen molar-refractivity contribution >= 4 is 163 Å². The van der Waals surface area contributed by atoms with Crippen molar-refractivity contribution < 1.29 is 65.3 Å². The number of aromatic nitrogens is 7. The summed E-state index contributed by atoms with van der Waals surface area (Å²) in [5, 5.41) is 57.2. The second kappa shape index (κ2) is 47.2. The van der Waals surface area contributed by atoms with Crippen molar-refractivity contribution in [2.75, 3.05) is 81.6 Å². The van der Waals surface area contributed by atoms with Crippen LogP contribution >= 0.6 is 96.1 Å². The van der Waals surface area contributed by atoms with Gasteiger partial charge in [0.05, 0.1) is 114 Å². The Morgan fingerprint density at radius 3 is 1.21 bits per heavy atom. The second-order valence-electron chi connectivity index (χ2n) is 25.4. The van der Waals surface area contributed by atoms with E-state index in [1.54, 1.807) is 127 Å². The highest BCUT2D eigenvalue weighted by atomic mass is 79.9. The number of hydrogen-bond donors (Lipinski definition) is 7. The van der Waals surface area contributed by atoms with Crippen molar-refractivity contribution in [3.8, 4) is 91.3 Å². The zero-order valence-electron chi connectivity index (χ0n) is 65.1. The number of aromatic hydroxyl groups is 1. The van der Waals surface area contributed by atoms with Crippen molar-refractivity contribution in [2.45, 2.75) is 57.0 Å². The first-order valence-corrected chi connectivity index (χ1v) is 42.5. The van der Waals surface area contributed by atoms with Gasteiger partial charge in [0.25, 0.3) is 15.6 Å². The highest BCUT2D eigenvalue weighted by Crippen LogP contribution is 2.42. The van der Waals surface area contributed by atoms with Gasteiger partial charge in [0.15, 0.2) is 38.4 Å². The van der Waals surface area contributed by atoms with Crippen LogP contribution in [0.15, 0.2) is 178 Å². The molecule has 0 unspecified atom stereocenters. The van der Waals surface area contributed by atoms with Gasteiger partial charge in [-0.15, -0.1) is 34.5 Å². The third-order valence-corrected chi connectivity index (χ3v) is 20.9. The lowest BCUT2D eigenvalue weighted by atomic mass is 10.1. The molecule has 122 heavy (non-hydrogen) atoms. The average Bonchev–Trinajstić information content (AvgIpc) is 0.977. The van der Waals surface area contributed by atoms with Crippen LogP contribution in [0.3, 0.4) is 0 Å². The van der Waals surface area contributed by atoms with Gasteiger partial charge < -0.3 is 80.9 Å². The lowest BCUT2D eigenvalue weighted by Crippen LogP contribution is -2.19. The maximum Gasteiger partial charge on any atom is 0.278 e. The molecule has 26 nitrogen and oxygen atoms in total. The number of thiazole rings is 4. The highest BCUT2D eigenvalue weighted by Gasteiger charge is 2.22. The number of ether oxygens (including phenoxy) is 9. The molecule has 0 spiro atoms. The van der Waals surface area contributed by atoms with Gasteiger partial charge in [0.2, 0.25) is 0 Å². The second-order valence-corrected chi connectivity index (χ2v) is 31.3. The minimum atomic E-state index is -0.588. The fourth-order valence-electron chi connectivity index (χ4n) is 10.3. The summed E-state index contributed by atoms with van der Waals surface area (Å²) in [6, 6.07) is 34.6. The van der Waals surface area contributed by atoms with Gasteiger partial charge in [-0.25, -0.2) is 37.5 Å². The van der Waals surface area contributed by atoms with E-state index in [-0.39, 0.29) is 39.6 Å². The van der Waals surface area contributed by atoms with E-state index in [1.807, 2.05) is 11.4 Å². The summed E-state index contributed by atoms with van der Waals surface area (Å²) < 4.78 is 106. The smallest absolute Gasteiger partial charge is 0.278 e. The molecule has 0 saturated heterocycles. The molecule has 16 rings (SSSR count). The van der Waals surface area contributed by atoms with Gasteiger partial charge in [-0.3, -0.25) is 15.0 Å². The summed E-state index contributed by atoms with van der Waals surface area (Å²) in [7, 11) is 4.62. The first-order chi connectivity index (χ1) is 59.2. The summed E-state index contributed by atoms with van der Waals surface area (Å²) in [6.45, 7) is 2.35. The molecule has 14 aromatic rings. The summed E-state index contributed by atoms with van der Waals surface area (Å²) in [5.41, 5.74) is 19.6. The van der Waals surface area contributed by atoms with Crippen LogP contribution in [-0.2, 0) is 0 Å². The van der Waals surface area contributed by atoms with E-state index in [4.69, 9.17) is 105 Å². The summed E-state index contributed by atoms with van der Waals surface area (Å²) in [5.74, 6) is 2.94. The lowest BCUT2D eigenvalue weighted by Gasteiger charge is -2.16. The van der Waals surface area contributed by atoms with Crippen molar-refractivity contribution in [3.63, 3.8) is 0 Å². The number of anilines is 6. The van der Waals surface area contributed by atoms with E-state index in [9.17, 15) is 28.1 Å². The average molecular weight is 1860 g/mol. The summed E-state index contributed by atoms with van der Waals surface area (Å²) in [4.78, 5) is 28.8. The number of nitrogens with two attached hydrogens (primary N) is 3. The van der Waals surface area contributed by atoms with Crippen molar-refractivity contribution in [2.24, 2.45) is 5.73 Å². The van der Waals surface area contributed by atoms with Gasteiger partial charge in [0.1, 0.15) is 64.5 Å². The maximum atomic E-state index is 15.0. The molecule has 632 valence electrons. The normalized spacial score (nSPS) is 11.5. The van der Waals surface area contributed by atoms with E-state index in [0.717, 1.165) is 29.4 Å². The lowest BCUT2D eigenvalue weighted by molar-refractivity contribution is 0.288. The Morgan fingerprint density at radius 2 is 0.869 bits per heavy atom. The fraction of sp³-hybridized carbons (Fsp3) is 0.214. The van der Waals surface area contributed by atoms with E-state index >= 15 is 0 Å². The van der Waals surface area contributed by atoms with Crippen molar-refractivity contribution in [1.29, 1.82) is 15.8 Å². The highest BCUT2D eigenvalue weighted by molar-refractivity contribution is 9.11. The number of alkyl halides is 2. The van der Waals surface area contributed by atoms with E-state index < -0.39 is 23.3 Å². The molecule has 38 heteroatoms. The quantitative estimate of drug-likeness (QED) is 0.00826. The number of benzene rings is 7. The zero-order chi connectivity index (χ0) is 86.9. The first-order valence-electron chi connectivity index (χ1n) is 36.8. The molecule has 2 fully saturated rings. The van der Waals surface area contributed by atoms with Crippen LogP contribution in [0.5, 0.6) is 73.1 Å². The number of rotatable bonds is 27. The molecule has 2 aliphatic carbocycles. The van der Waals surface area contributed by atoms with Crippen LogP contribution in [-0.4, -0.2) is 112 Å². The Balaban J connectivity index is 0.000000164. The Bertz CT molecular complexity index is 5890. The van der Waals surface area contributed by atoms with Gasteiger partial charge in [-0.2, -0.15) is 15.8 Å². The van der Waals surface area contributed by atoms with Gasteiger partial charge in [0, 0.05) is 147 Å². The number of phenolic OH excluding ortho intramolecular Hbond substituents is 1. The fourth-order valence-corrected chi connectivity index (χ4v) is 13.1. The van der Waals surface area contributed by atoms with Crippen LogP contribution in [0.4, 0.5) is 51.7 Å². The first kappa shape index (κ1) is 92.2. The van der Waals surface area contributed by atoms with Crippen molar-refractivity contribution in [1.82, 2.24) is 40.2 Å². The number of nitrogen functional groups attached to an aromatic ring is 2.